The number of hydrogen-bond donors (Lipinski definition) is 2. The fraction of sp³-hybridized carbons (Fsp3) is 0.722. The van der Waals surface area contributed by atoms with Gasteiger partial charge in [0.1, 0.15) is 0 Å². The van der Waals surface area contributed by atoms with Crippen LogP contribution in [0, 0.1) is 0 Å². The summed E-state index contributed by atoms with van der Waals surface area (Å²) in [6.07, 6.45) is 8.03. The molecule has 6 nitrogen and oxygen atoms in total. The van der Waals surface area contributed by atoms with Crippen LogP contribution in [0.25, 0.3) is 0 Å². The molecule has 1 aliphatic carbocycles. The minimum atomic E-state index is -0.0330. The van der Waals surface area contributed by atoms with Crippen LogP contribution < -0.4 is 10.6 Å². The number of rotatable bonds is 5. The molecule has 1 atom stereocenters. The molecule has 1 aromatic rings. The summed E-state index contributed by atoms with van der Waals surface area (Å²) in [7, 11) is 2.06. The van der Waals surface area contributed by atoms with E-state index in [4.69, 9.17) is 4.74 Å². The lowest BCUT2D eigenvalue weighted by Crippen LogP contribution is -2.48. The fourth-order valence-electron chi connectivity index (χ4n) is 3.80. The molecule has 0 spiro atoms. The van der Waals surface area contributed by atoms with Crippen LogP contribution in [0.1, 0.15) is 43.8 Å². The summed E-state index contributed by atoms with van der Waals surface area (Å²) in [5.41, 5.74) is 1.23. The molecule has 6 heteroatoms. The number of amides is 2. The number of aromatic nitrogens is 1. The zero-order chi connectivity index (χ0) is 16.8. The Kier molecular flexibility index (Phi) is 6.15. The maximum Gasteiger partial charge on any atom is 0.315 e. The van der Waals surface area contributed by atoms with Gasteiger partial charge in [-0.2, -0.15) is 0 Å². The number of carbonyl (C=O) groups is 1. The van der Waals surface area contributed by atoms with E-state index in [0.717, 1.165) is 39.1 Å². The zero-order valence-electron chi connectivity index (χ0n) is 14.7. The summed E-state index contributed by atoms with van der Waals surface area (Å²) in [5.74, 6) is 0. The molecule has 1 unspecified atom stereocenters. The molecule has 1 aromatic heterocycles. The molecule has 0 bridgehead atoms. The first-order chi connectivity index (χ1) is 11.7. The predicted octanol–water partition coefficient (Wildman–Crippen LogP) is 2.03. The Morgan fingerprint density at radius 3 is 2.71 bits per heavy atom. The molecule has 134 valence electrons. The van der Waals surface area contributed by atoms with E-state index in [0.29, 0.717) is 12.6 Å². The van der Waals surface area contributed by atoms with E-state index in [-0.39, 0.29) is 12.1 Å². The van der Waals surface area contributed by atoms with Gasteiger partial charge in [0.2, 0.25) is 0 Å². The van der Waals surface area contributed by atoms with Crippen LogP contribution in [-0.2, 0) is 11.8 Å². The lowest BCUT2D eigenvalue weighted by molar-refractivity contribution is 0.0153. The second-order valence-corrected chi connectivity index (χ2v) is 6.90. The van der Waals surface area contributed by atoms with Crippen molar-refractivity contribution in [2.45, 2.75) is 44.2 Å². The van der Waals surface area contributed by atoms with Crippen molar-refractivity contribution >= 4 is 6.03 Å². The van der Waals surface area contributed by atoms with Crippen LogP contribution in [0.4, 0.5) is 4.79 Å². The Balaban J connectivity index is 1.57. The van der Waals surface area contributed by atoms with Crippen LogP contribution in [-0.4, -0.2) is 54.4 Å². The zero-order valence-corrected chi connectivity index (χ0v) is 14.7. The molecule has 1 aliphatic heterocycles. The van der Waals surface area contributed by atoms with Crippen molar-refractivity contribution in [1.82, 2.24) is 20.1 Å². The highest BCUT2D eigenvalue weighted by molar-refractivity contribution is 5.74. The maximum absolute atomic E-state index is 12.3. The van der Waals surface area contributed by atoms with Crippen LogP contribution >= 0.6 is 0 Å². The minimum Gasteiger partial charge on any atom is -0.379 e. The Labute approximate surface area is 144 Å². The molecule has 3 rings (SSSR count). The van der Waals surface area contributed by atoms with E-state index in [9.17, 15) is 4.79 Å². The molecule has 2 amide bonds. The third-order valence-electron chi connectivity index (χ3n) is 5.21. The van der Waals surface area contributed by atoms with Gasteiger partial charge in [-0.25, -0.2) is 4.79 Å². The van der Waals surface area contributed by atoms with E-state index in [2.05, 4.69) is 45.5 Å². The Bertz CT molecular complexity index is 519. The lowest BCUT2D eigenvalue weighted by atomic mass is 9.96. The number of urea groups is 1. The van der Waals surface area contributed by atoms with Crippen LogP contribution in [0.3, 0.4) is 0 Å². The average Bonchev–Trinajstić information content (AvgIpc) is 3.03. The van der Waals surface area contributed by atoms with Gasteiger partial charge < -0.3 is 19.9 Å². The highest BCUT2D eigenvalue weighted by Gasteiger charge is 2.25. The molecule has 0 radical (unpaired) electrons. The third-order valence-corrected chi connectivity index (χ3v) is 5.21. The maximum atomic E-state index is 12.3. The van der Waals surface area contributed by atoms with Gasteiger partial charge in [-0.1, -0.05) is 19.3 Å². The molecular weight excluding hydrogens is 304 g/mol. The average molecular weight is 334 g/mol. The number of hydrogen-bond acceptors (Lipinski definition) is 3. The van der Waals surface area contributed by atoms with Gasteiger partial charge in [0.25, 0.3) is 0 Å². The molecule has 2 N–H and O–H groups in total. The van der Waals surface area contributed by atoms with Crippen molar-refractivity contribution < 1.29 is 9.53 Å². The fourth-order valence-corrected chi connectivity index (χ4v) is 3.80. The highest BCUT2D eigenvalue weighted by Crippen LogP contribution is 2.21. The Hall–Kier alpha value is -1.53. The lowest BCUT2D eigenvalue weighted by Gasteiger charge is -2.35. The van der Waals surface area contributed by atoms with Crippen molar-refractivity contribution in [2.24, 2.45) is 7.05 Å². The quantitative estimate of drug-likeness (QED) is 0.866. The topological polar surface area (TPSA) is 58.5 Å². The van der Waals surface area contributed by atoms with Gasteiger partial charge in [0.15, 0.2) is 0 Å². The molecule has 1 saturated carbocycles. The van der Waals surface area contributed by atoms with E-state index in [1.807, 2.05) is 0 Å². The summed E-state index contributed by atoms with van der Waals surface area (Å²) >= 11 is 0. The summed E-state index contributed by atoms with van der Waals surface area (Å²) in [4.78, 5) is 14.7. The summed E-state index contributed by atoms with van der Waals surface area (Å²) < 4.78 is 7.62. The van der Waals surface area contributed by atoms with Crippen LogP contribution in [0.5, 0.6) is 0 Å². The van der Waals surface area contributed by atoms with Crippen molar-refractivity contribution in [3.05, 3.63) is 24.0 Å². The second-order valence-electron chi connectivity index (χ2n) is 6.90. The first kappa shape index (κ1) is 17.3. The standard InChI is InChI=1S/C18H30N4O2/c1-21-9-5-8-16(21)17(22-10-12-24-13-11-22)14-19-18(23)20-15-6-3-2-4-7-15/h5,8-9,15,17H,2-4,6-7,10-14H2,1H3,(H2,19,20,23). The summed E-state index contributed by atoms with van der Waals surface area (Å²) in [5, 5.41) is 6.23. The first-order valence-electron chi connectivity index (χ1n) is 9.21. The van der Waals surface area contributed by atoms with E-state index >= 15 is 0 Å². The third kappa shape index (κ3) is 4.51. The summed E-state index contributed by atoms with van der Waals surface area (Å²) in [6, 6.07) is 4.70. The van der Waals surface area contributed by atoms with Crippen molar-refractivity contribution in [1.29, 1.82) is 0 Å². The Morgan fingerprint density at radius 2 is 2.04 bits per heavy atom. The number of carbonyl (C=O) groups excluding carboxylic acids is 1. The predicted molar refractivity (Wildman–Crippen MR) is 94.0 cm³/mol. The molecule has 2 heterocycles. The van der Waals surface area contributed by atoms with Gasteiger partial charge >= 0.3 is 6.03 Å². The molecule has 2 fully saturated rings. The van der Waals surface area contributed by atoms with Gasteiger partial charge in [-0.05, 0) is 25.0 Å². The van der Waals surface area contributed by atoms with Gasteiger partial charge in [0, 0.05) is 44.6 Å². The van der Waals surface area contributed by atoms with E-state index in [1.165, 1.54) is 25.0 Å². The first-order valence-corrected chi connectivity index (χ1v) is 9.21. The Morgan fingerprint density at radius 1 is 1.29 bits per heavy atom. The van der Waals surface area contributed by atoms with Gasteiger partial charge in [-0.3, -0.25) is 4.90 Å². The molecular formula is C18H30N4O2. The largest absolute Gasteiger partial charge is 0.379 e. The number of aryl methyl sites for hydroxylation is 1. The van der Waals surface area contributed by atoms with Crippen molar-refractivity contribution in [2.75, 3.05) is 32.8 Å². The van der Waals surface area contributed by atoms with E-state index in [1.54, 1.807) is 0 Å². The molecule has 1 saturated heterocycles. The number of nitrogens with one attached hydrogen (secondary N) is 2. The van der Waals surface area contributed by atoms with Crippen molar-refractivity contribution in [3.63, 3.8) is 0 Å². The number of nitrogens with zero attached hydrogens (tertiary/aromatic N) is 2. The van der Waals surface area contributed by atoms with Crippen LogP contribution in [0.2, 0.25) is 0 Å². The minimum absolute atomic E-state index is 0.0330. The molecule has 24 heavy (non-hydrogen) atoms. The van der Waals surface area contributed by atoms with Gasteiger partial charge in [-0.15, -0.1) is 0 Å². The second kappa shape index (κ2) is 8.53. The number of morpholine rings is 1. The smallest absolute Gasteiger partial charge is 0.315 e. The van der Waals surface area contributed by atoms with E-state index < -0.39 is 0 Å². The summed E-state index contributed by atoms with van der Waals surface area (Å²) in [6.45, 7) is 3.95. The molecule has 2 aliphatic rings. The van der Waals surface area contributed by atoms with Crippen molar-refractivity contribution in [3.8, 4) is 0 Å². The highest BCUT2D eigenvalue weighted by atomic mass is 16.5. The van der Waals surface area contributed by atoms with Gasteiger partial charge in [0.05, 0.1) is 19.3 Å². The molecule has 0 aromatic carbocycles. The number of ether oxygens (including phenoxy) is 1. The normalized spacial score (nSPS) is 21.4. The van der Waals surface area contributed by atoms with Crippen LogP contribution in [0.15, 0.2) is 18.3 Å². The SMILES string of the molecule is Cn1cccc1C(CNC(=O)NC1CCCCC1)N1CCOCC1. The monoisotopic (exact) mass is 334 g/mol.